The van der Waals surface area contributed by atoms with Gasteiger partial charge in [-0.05, 0) is 0 Å². The first-order chi connectivity index (χ1) is 12.0. The number of carbonyl (C=O) groups excluding carboxylic acids is 2. The van der Waals surface area contributed by atoms with E-state index in [4.69, 9.17) is 10.2 Å². The average molecular weight is 396 g/mol. The van der Waals surface area contributed by atoms with E-state index in [1.807, 2.05) is 0 Å². The van der Waals surface area contributed by atoms with Crippen LogP contribution >= 0.6 is 0 Å². The third kappa shape index (κ3) is 0.149. The van der Waals surface area contributed by atoms with Crippen LogP contribution < -0.4 is 0 Å². The second-order valence-corrected chi connectivity index (χ2v) is 35.4. The maximum absolute atomic E-state index is 13.4. The van der Waals surface area contributed by atoms with E-state index in [2.05, 4.69) is 6.92 Å². The van der Waals surface area contributed by atoms with Gasteiger partial charge in [0.1, 0.15) is 0 Å². The molecule has 10 heterocycles. The van der Waals surface area contributed by atoms with E-state index >= 15 is 0 Å². The molecule has 10 rings (SSSR count). The molecule has 0 aromatic carbocycles. The Morgan fingerprint density at radius 3 is 1.69 bits per heavy atom. The number of carboxylic acids is 2. The van der Waals surface area contributed by atoms with Crippen molar-refractivity contribution in [3.63, 3.8) is 0 Å². The Morgan fingerprint density at radius 2 is 1.31 bits per heavy atom. The fourth-order valence-electron chi connectivity index (χ4n) is 19.9. The summed E-state index contributed by atoms with van der Waals surface area (Å²) in [5.41, 5.74) is 0. The Balaban J connectivity index is 1.31. The summed E-state index contributed by atoms with van der Waals surface area (Å²) < 4.78 is -0.606. The molecule has 0 aliphatic carbocycles. The summed E-state index contributed by atoms with van der Waals surface area (Å²) in [7, 11) is 0. The topological polar surface area (TPSA) is 109 Å². The number of allylic oxidation sites excluding steroid dienone is 2. The van der Waals surface area contributed by atoms with Crippen molar-refractivity contribution in [1.29, 1.82) is 0 Å². The Hall–Kier alpha value is -1.72. The summed E-state index contributed by atoms with van der Waals surface area (Å²) in [6, 6.07) is 0. The molecule has 0 amide bonds. The summed E-state index contributed by atoms with van der Waals surface area (Å²) in [4.78, 5) is 52.6. The number of carbonyl (C=O) groups is 4. The van der Waals surface area contributed by atoms with Crippen LogP contribution in [0.15, 0.2) is 24.3 Å². The molecule has 2 N–H and O–H groups in total. The zero-order valence-electron chi connectivity index (χ0n) is 13.7. The van der Waals surface area contributed by atoms with Gasteiger partial charge in [0.25, 0.3) is 0 Å². The molecular formula is C19H16FeO6. The van der Waals surface area contributed by atoms with Crippen molar-refractivity contribution in [1.82, 2.24) is 0 Å². The quantitative estimate of drug-likeness (QED) is 0.528. The first-order valence-electron chi connectivity index (χ1n) is 9.12. The second kappa shape index (κ2) is 1.20. The van der Waals surface area contributed by atoms with E-state index in [9.17, 15) is 19.2 Å². The monoisotopic (exact) mass is 396 g/mol. The summed E-state index contributed by atoms with van der Waals surface area (Å²) in [5, 5.41) is 17.9. The minimum absolute atomic E-state index is 0.0123. The molecule has 0 aromatic rings. The van der Waals surface area contributed by atoms with Crippen molar-refractivity contribution in [3.05, 3.63) is 24.3 Å². The molecule has 0 aromatic heterocycles. The maximum atomic E-state index is 13.4. The van der Waals surface area contributed by atoms with Gasteiger partial charge in [-0.2, -0.15) is 0 Å². The molecule has 136 valence electrons. The summed E-state index contributed by atoms with van der Waals surface area (Å²) in [6.45, 7) is -2.20. The van der Waals surface area contributed by atoms with E-state index < -0.39 is 18.4 Å². The number of rotatable bonds is 6. The molecule has 10 aliphatic rings. The standard InChI is InChI=1S/C10H9O3.C9H7O3.Fe/c1-7-3-2-4-8(7)9(11)5-6-10(12)13;10-8(5-6-9(11)12)7-3-1-2-4-7;/h2-6H,1H3,(H,12,13);1-6H,(H,11,12);. The molecule has 10 fully saturated rings. The van der Waals surface area contributed by atoms with Crippen LogP contribution in [0.4, 0.5) is 0 Å². The Morgan fingerprint density at radius 1 is 0.769 bits per heavy atom. The van der Waals surface area contributed by atoms with Gasteiger partial charge in [0.05, 0.1) is 0 Å². The van der Waals surface area contributed by atoms with Gasteiger partial charge in [0.15, 0.2) is 0 Å². The van der Waals surface area contributed by atoms with Crippen molar-refractivity contribution < 1.29 is 35.9 Å². The third-order valence-corrected chi connectivity index (χ3v) is 61.8. The SMILES string of the molecule is C[C]12[CH]3[CH]4[CH]5[C]1(C(=O)C=CC(=O)O)[Fe]43521678[CH]2[CH]1[CH]6[C]7(C(=O)C=CC(=O)O)[CH]28. The number of carboxylic acid groups (broad SMARTS) is 2. The van der Waals surface area contributed by atoms with Gasteiger partial charge in [0, 0.05) is 0 Å². The molecule has 9 atom stereocenters. The minimum atomic E-state index is -4.48. The third-order valence-electron chi connectivity index (χ3n) is 17.3. The zero-order valence-corrected chi connectivity index (χ0v) is 14.8. The number of ketones is 2. The predicted molar refractivity (Wildman–Crippen MR) is 83.6 cm³/mol. The summed E-state index contributed by atoms with van der Waals surface area (Å²) in [6.07, 6.45) is 4.52. The van der Waals surface area contributed by atoms with Crippen LogP contribution in [0.3, 0.4) is 0 Å². The van der Waals surface area contributed by atoms with Crippen LogP contribution in [-0.2, 0) is 25.7 Å². The molecule has 10 saturated heterocycles. The zero-order chi connectivity index (χ0) is 18.0. The van der Waals surface area contributed by atoms with Crippen LogP contribution in [0.1, 0.15) is 6.92 Å². The van der Waals surface area contributed by atoms with Gasteiger partial charge in [0.2, 0.25) is 0 Å². The molecule has 7 heteroatoms. The number of hydrogen-bond acceptors (Lipinski definition) is 4. The molecule has 10 aliphatic heterocycles. The van der Waals surface area contributed by atoms with E-state index in [0.717, 1.165) is 12.2 Å². The predicted octanol–water partition coefficient (Wildman–Crippen LogP) is 2.93. The van der Waals surface area contributed by atoms with Crippen molar-refractivity contribution in [2.45, 2.75) is 53.6 Å². The van der Waals surface area contributed by atoms with Crippen molar-refractivity contribution in [2.75, 3.05) is 0 Å². The Labute approximate surface area is 137 Å². The van der Waals surface area contributed by atoms with Gasteiger partial charge in [-0.1, -0.05) is 0 Å². The van der Waals surface area contributed by atoms with Crippen molar-refractivity contribution in [2.24, 2.45) is 0 Å². The van der Waals surface area contributed by atoms with Crippen LogP contribution in [0, 0.1) is 0 Å². The normalized spacial score (nSPS) is 87.8. The van der Waals surface area contributed by atoms with Crippen LogP contribution in [0.25, 0.3) is 0 Å². The number of hydrogen-bond donors (Lipinski definition) is 2. The summed E-state index contributed by atoms with van der Waals surface area (Å²) >= 11 is 0. The molecule has 1 spiro atoms. The van der Waals surface area contributed by atoms with Crippen LogP contribution in [0.5, 0.6) is 0 Å². The first kappa shape index (κ1) is 11.9. The Bertz CT molecular complexity index is 1530. The van der Waals surface area contributed by atoms with Crippen molar-refractivity contribution in [3.8, 4) is 0 Å². The molecule has 0 radical (unpaired) electrons. The van der Waals surface area contributed by atoms with Gasteiger partial charge in [-0.25, -0.2) is 0 Å². The van der Waals surface area contributed by atoms with Gasteiger partial charge in [-0.3, -0.25) is 0 Å². The Kier molecular flexibility index (Phi) is 0.547. The molecule has 9 unspecified atom stereocenters. The second-order valence-electron chi connectivity index (χ2n) is 12.3. The molecule has 26 heavy (non-hydrogen) atoms. The number of fused-ring (bicyclic) bond motifs is 10. The number of aliphatic carboxylic acids is 2. The van der Waals surface area contributed by atoms with Gasteiger partial charge >= 0.3 is 137 Å². The van der Waals surface area contributed by atoms with E-state index in [0.29, 0.717) is 33.7 Å². The molecule has 6 nitrogen and oxygen atoms in total. The van der Waals surface area contributed by atoms with E-state index in [1.165, 1.54) is 12.2 Å². The van der Waals surface area contributed by atoms with E-state index in [-0.39, 0.29) is 24.5 Å². The van der Waals surface area contributed by atoms with Gasteiger partial charge < -0.3 is 0 Å². The van der Waals surface area contributed by atoms with E-state index in [1.54, 1.807) is 0 Å². The molecule has 0 bridgehead atoms. The average Bonchev–Trinajstić information content (AvgIpc) is 3.52. The van der Waals surface area contributed by atoms with Crippen LogP contribution in [0.2, 0.25) is 46.7 Å². The van der Waals surface area contributed by atoms with Crippen LogP contribution in [-0.4, -0.2) is 33.7 Å². The molecule has 0 saturated carbocycles. The van der Waals surface area contributed by atoms with Crippen molar-refractivity contribution >= 4 is 23.5 Å². The summed E-state index contributed by atoms with van der Waals surface area (Å²) in [5.74, 6) is -2.18. The first-order valence-corrected chi connectivity index (χ1v) is 15.2. The fraction of sp³-hybridized carbons (Fsp3) is 0.579. The van der Waals surface area contributed by atoms with Gasteiger partial charge in [-0.15, -0.1) is 0 Å². The fourth-order valence-corrected chi connectivity index (χ4v) is 98.5. The molecular weight excluding hydrogens is 380 g/mol.